The monoisotopic (exact) mass is 422 g/mol. The summed E-state index contributed by atoms with van der Waals surface area (Å²) in [6.07, 6.45) is 20.8. The first-order valence-electron chi connectivity index (χ1n) is 11.7. The summed E-state index contributed by atoms with van der Waals surface area (Å²) < 4.78 is 4.95. The van der Waals surface area contributed by atoms with Gasteiger partial charge in [-0.05, 0) is 25.8 Å². The summed E-state index contributed by atoms with van der Waals surface area (Å²) in [5, 5.41) is 8.74. The third-order valence-electron chi connectivity index (χ3n) is 5.19. The van der Waals surface area contributed by atoms with Crippen molar-refractivity contribution in [1.29, 1.82) is 0 Å². The Labute approximate surface area is 183 Å². The molecule has 0 atom stereocenters. The zero-order valence-electron chi connectivity index (χ0n) is 19.0. The van der Waals surface area contributed by atoms with Crippen LogP contribution in [0.2, 0.25) is 0 Å². The van der Waals surface area contributed by atoms with Gasteiger partial charge in [-0.3, -0.25) is 4.79 Å². The number of carboxylic acids is 1. The van der Waals surface area contributed by atoms with Crippen LogP contribution in [-0.2, 0) is 19.1 Å². The number of hydrogen-bond acceptors (Lipinski definition) is 4. The van der Waals surface area contributed by atoms with Crippen LogP contribution >= 0.6 is 0 Å². The van der Waals surface area contributed by atoms with Crippen molar-refractivity contribution < 1.29 is 24.2 Å². The van der Waals surface area contributed by atoms with E-state index in [9.17, 15) is 14.4 Å². The van der Waals surface area contributed by atoms with Gasteiger partial charge in [0.25, 0.3) is 0 Å². The molecule has 0 aromatic carbocycles. The van der Waals surface area contributed by atoms with E-state index in [1.165, 1.54) is 83.3 Å². The van der Waals surface area contributed by atoms with Crippen molar-refractivity contribution in [1.82, 2.24) is 0 Å². The summed E-state index contributed by atoms with van der Waals surface area (Å²) in [4.78, 5) is 33.1. The van der Waals surface area contributed by atoms with Crippen molar-refractivity contribution in [2.45, 2.75) is 110 Å². The second-order valence-electron chi connectivity index (χ2n) is 8.02. The summed E-state index contributed by atoms with van der Waals surface area (Å²) in [5.74, 6) is -1.43. The lowest BCUT2D eigenvalue weighted by Crippen LogP contribution is -2.01. The Balaban J connectivity index is 3.24. The molecule has 0 fully saturated rings. The van der Waals surface area contributed by atoms with Gasteiger partial charge >= 0.3 is 11.9 Å². The second kappa shape index (κ2) is 20.4. The van der Waals surface area contributed by atoms with E-state index >= 15 is 0 Å². The van der Waals surface area contributed by atoms with Crippen LogP contribution in [0.4, 0.5) is 0 Å². The smallest absolute Gasteiger partial charge is 0.331 e. The Morgan fingerprint density at radius 1 is 0.733 bits per heavy atom. The molecular formula is C25H42O5. The van der Waals surface area contributed by atoms with Gasteiger partial charge < -0.3 is 9.84 Å². The minimum atomic E-state index is -1.02. The van der Waals surface area contributed by atoms with Crippen molar-refractivity contribution in [3.8, 4) is 0 Å². The fraction of sp³-hybridized carbons (Fsp3) is 0.720. The van der Waals surface area contributed by atoms with Crippen LogP contribution in [0.15, 0.2) is 24.3 Å². The molecule has 0 aliphatic heterocycles. The third-order valence-corrected chi connectivity index (χ3v) is 5.19. The standard InChI is InChI=1S/C25H42O5/c1-3-24(27)30-20-18-16-14-12-10-8-6-4-5-7-9-11-13-15-17-19-23(26)21-22(2)25(28)29/h3,21H,1,4-20H2,2H3,(H,28,29). The molecule has 172 valence electrons. The highest BCUT2D eigenvalue weighted by atomic mass is 16.5. The Kier molecular flexibility index (Phi) is 19.1. The number of ketones is 1. The molecule has 0 bridgehead atoms. The first-order chi connectivity index (χ1) is 14.5. The summed E-state index contributed by atoms with van der Waals surface area (Å²) >= 11 is 0. The highest BCUT2D eigenvalue weighted by Crippen LogP contribution is 2.14. The number of rotatable bonds is 21. The lowest BCUT2D eigenvalue weighted by molar-refractivity contribution is -0.138. The third kappa shape index (κ3) is 19.4. The number of carbonyl (C=O) groups excluding carboxylic acids is 2. The van der Waals surface area contributed by atoms with Gasteiger partial charge in [-0.1, -0.05) is 90.0 Å². The predicted octanol–water partition coefficient (Wildman–Crippen LogP) is 6.56. The van der Waals surface area contributed by atoms with E-state index < -0.39 is 5.97 Å². The lowest BCUT2D eigenvalue weighted by Gasteiger charge is -2.04. The molecule has 0 saturated carbocycles. The van der Waals surface area contributed by atoms with E-state index in [4.69, 9.17) is 9.84 Å². The molecule has 0 aromatic heterocycles. The van der Waals surface area contributed by atoms with E-state index in [0.29, 0.717) is 13.0 Å². The number of unbranched alkanes of at least 4 members (excludes halogenated alkanes) is 14. The molecule has 5 heteroatoms. The summed E-state index contributed by atoms with van der Waals surface area (Å²) in [7, 11) is 0. The highest BCUT2D eigenvalue weighted by molar-refractivity contribution is 5.98. The van der Waals surface area contributed by atoms with Crippen LogP contribution < -0.4 is 0 Å². The minimum absolute atomic E-state index is 0.0797. The fourth-order valence-corrected chi connectivity index (χ4v) is 3.31. The summed E-state index contributed by atoms with van der Waals surface area (Å²) in [6, 6.07) is 0. The zero-order chi connectivity index (χ0) is 22.5. The van der Waals surface area contributed by atoms with Gasteiger partial charge in [0.05, 0.1) is 6.61 Å². The Bertz CT molecular complexity index is 522. The summed E-state index contributed by atoms with van der Waals surface area (Å²) in [6.45, 7) is 5.33. The van der Waals surface area contributed by atoms with E-state index in [2.05, 4.69) is 6.58 Å². The molecule has 0 radical (unpaired) electrons. The zero-order valence-corrected chi connectivity index (χ0v) is 19.0. The van der Waals surface area contributed by atoms with Gasteiger partial charge in [-0.2, -0.15) is 0 Å². The van der Waals surface area contributed by atoms with Crippen LogP contribution in [-0.4, -0.2) is 29.4 Å². The Morgan fingerprint density at radius 2 is 1.13 bits per heavy atom. The van der Waals surface area contributed by atoms with Crippen molar-refractivity contribution in [3.05, 3.63) is 24.3 Å². The molecule has 0 aromatic rings. The normalized spacial score (nSPS) is 11.3. The number of allylic oxidation sites excluding steroid dienone is 1. The first-order valence-corrected chi connectivity index (χ1v) is 11.7. The number of aliphatic carboxylic acids is 1. The Hall–Kier alpha value is -1.91. The van der Waals surface area contributed by atoms with E-state index in [1.807, 2.05) is 0 Å². The van der Waals surface area contributed by atoms with Gasteiger partial charge in [-0.15, -0.1) is 0 Å². The van der Waals surface area contributed by atoms with Gasteiger partial charge in [0.15, 0.2) is 5.78 Å². The fourth-order valence-electron chi connectivity index (χ4n) is 3.31. The van der Waals surface area contributed by atoms with E-state index in [0.717, 1.165) is 32.1 Å². The molecule has 0 aliphatic rings. The average molecular weight is 423 g/mol. The maximum Gasteiger partial charge on any atom is 0.331 e. The largest absolute Gasteiger partial charge is 0.478 e. The Morgan fingerprint density at radius 3 is 1.53 bits per heavy atom. The molecular weight excluding hydrogens is 380 g/mol. The molecule has 0 aliphatic carbocycles. The van der Waals surface area contributed by atoms with Crippen LogP contribution in [0.5, 0.6) is 0 Å². The molecule has 0 unspecified atom stereocenters. The van der Waals surface area contributed by atoms with E-state index in [1.54, 1.807) is 0 Å². The number of esters is 1. The number of carbonyl (C=O) groups is 3. The minimum Gasteiger partial charge on any atom is -0.478 e. The quantitative estimate of drug-likeness (QED) is 0.129. The van der Waals surface area contributed by atoms with Crippen molar-refractivity contribution in [2.75, 3.05) is 6.61 Å². The lowest BCUT2D eigenvalue weighted by atomic mass is 10.0. The molecule has 0 rings (SSSR count). The van der Waals surface area contributed by atoms with Gasteiger partial charge in [-0.25, -0.2) is 9.59 Å². The maximum atomic E-state index is 11.6. The van der Waals surface area contributed by atoms with Crippen molar-refractivity contribution >= 4 is 17.7 Å². The van der Waals surface area contributed by atoms with Gasteiger partial charge in [0.2, 0.25) is 0 Å². The van der Waals surface area contributed by atoms with Crippen molar-refractivity contribution in [3.63, 3.8) is 0 Å². The molecule has 1 N–H and O–H groups in total. The van der Waals surface area contributed by atoms with Crippen molar-refractivity contribution in [2.24, 2.45) is 0 Å². The van der Waals surface area contributed by atoms with Crippen LogP contribution in [0.1, 0.15) is 110 Å². The summed E-state index contributed by atoms with van der Waals surface area (Å²) in [5.41, 5.74) is 0.115. The maximum absolute atomic E-state index is 11.6. The van der Waals surface area contributed by atoms with Gasteiger partial charge in [0, 0.05) is 18.1 Å². The molecule has 0 spiro atoms. The number of carboxylic acid groups (broad SMARTS) is 1. The number of hydrogen-bond donors (Lipinski definition) is 1. The van der Waals surface area contributed by atoms with E-state index in [-0.39, 0.29) is 17.3 Å². The SMILES string of the molecule is C=CC(=O)OCCCCCCCCCCCCCCCCCC(=O)C=C(C)C(=O)O. The van der Waals surface area contributed by atoms with Gasteiger partial charge in [0.1, 0.15) is 0 Å². The predicted molar refractivity (Wildman–Crippen MR) is 121 cm³/mol. The molecule has 30 heavy (non-hydrogen) atoms. The number of ether oxygens (including phenoxy) is 1. The average Bonchev–Trinajstić information content (AvgIpc) is 2.72. The molecule has 0 heterocycles. The second-order valence-corrected chi connectivity index (χ2v) is 8.02. The topological polar surface area (TPSA) is 80.7 Å². The van der Waals surface area contributed by atoms with Crippen LogP contribution in [0.25, 0.3) is 0 Å². The molecule has 0 amide bonds. The molecule has 5 nitrogen and oxygen atoms in total. The van der Waals surface area contributed by atoms with Crippen LogP contribution in [0, 0.1) is 0 Å². The highest BCUT2D eigenvalue weighted by Gasteiger charge is 2.04. The van der Waals surface area contributed by atoms with Crippen LogP contribution in [0.3, 0.4) is 0 Å². The first kappa shape index (κ1) is 28.1. The molecule has 0 saturated heterocycles.